The lowest BCUT2D eigenvalue weighted by Gasteiger charge is -2.19. The number of carboxylic acid groups (broad SMARTS) is 1. The first-order valence-electron chi connectivity index (χ1n) is 2.87. The molecule has 0 aromatic heterocycles. The molecule has 11 heavy (non-hydrogen) atoms. The number of aliphatic carboxylic acids is 1. The number of carbonyl (C=O) groups is 1. The molecule has 0 amide bonds. The Morgan fingerprint density at radius 1 is 1.55 bits per heavy atom. The molecule has 66 valence electrons. The van der Waals surface area contributed by atoms with Gasteiger partial charge in [0, 0.05) is 6.42 Å². The maximum absolute atomic E-state index is 10.3. The van der Waals surface area contributed by atoms with Gasteiger partial charge in [-0.25, -0.2) is 4.79 Å². The Labute approximate surface area is 75.1 Å². The van der Waals surface area contributed by atoms with Crippen LogP contribution in [0.3, 0.4) is 0 Å². The van der Waals surface area contributed by atoms with Crippen LogP contribution in [0.15, 0.2) is 0 Å². The molecule has 0 aliphatic rings. The lowest BCUT2D eigenvalue weighted by atomic mass is 10.2. The third kappa shape index (κ3) is 3.85. The van der Waals surface area contributed by atoms with Crippen LogP contribution in [0.1, 0.15) is 6.42 Å². The SMILES string of the molecule is O=C(O)C(S)(S)CC(O)CO. The third-order valence-corrected chi connectivity index (χ3v) is 1.82. The Bertz CT molecular complexity index is 147. The first-order chi connectivity index (χ1) is 4.90. The molecule has 4 nitrogen and oxygen atoms in total. The van der Waals surface area contributed by atoms with Gasteiger partial charge in [0.2, 0.25) is 0 Å². The van der Waals surface area contributed by atoms with Crippen molar-refractivity contribution in [1.29, 1.82) is 0 Å². The molecule has 0 radical (unpaired) electrons. The fourth-order valence-electron chi connectivity index (χ4n) is 0.480. The van der Waals surface area contributed by atoms with Crippen LogP contribution >= 0.6 is 25.3 Å². The van der Waals surface area contributed by atoms with Gasteiger partial charge in [-0.05, 0) is 0 Å². The van der Waals surface area contributed by atoms with Crippen molar-refractivity contribution in [3.05, 3.63) is 0 Å². The zero-order chi connectivity index (χ0) is 9.07. The minimum atomic E-state index is -1.58. The maximum atomic E-state index is 10.3. The van der Waals surface area contributed by atoms with Gasteiger partial charge < -0.3 is 15.3 Å². The summed E-state index contributed by atoms with van der Waals surface area (Å²) in [5.74, 6) is -1.24. The van der Waals surface area contributed by atoms with Gasteiger partial charge in [0.05, 0.1) is 12.7 Å². The summed E-state index contributed by atoms with van der Waals surface area (Å²) in [5.41, 5.74) is 0. The van der Waals surface area contributed by atoms with Gasteiger partial charge in [0.25, 0.3) is 0 Å². The van der Waals surface area contributed by atoms with Crippen molar-refractivity contribution in [1.82, 2.24) is 0 Å². The molecule has 0 fully saturated rings. The number of aliphatic hydroxyl groups is 2. The van der Waals surface area contributed by atoms with Crippen LogP contribution in [0, 0.1) is 0 Å². The van der Waals surface area contributed by atoms with E-state index < -0.39 is 22.8 Å². The first kappa shape index (κ1) is 11.1. The van der Waals surface area contributed by atoms with E-state index in [1.54, 1.807) is 0 Å². The third-order valence-electron chi connectivity index (χ3n) is 1.07. The zero-order valence-corrected chi connectivity index (χ0v) is 7.42. The van der Waals surface area contributed by atoms with Crippen molar-refractivity contribution in [2.45, 2.75) is 16.6 Å². The zero-order valence-electron chi connectivity index (χ0n) is 5.64. The van der Waals surface area contributed by atoms with E-state index in [4.69, 9.17) is 15.3 Å². The van der Waals surface area contributed by atoms with E-state index in [9.17, 15) is 4.79 Å². The largest absolute Gasteiger partial charge is 0.480 e. The van der Waals surface area contributed by atoms with Crippen molar-refractivity contribution in [3.63, 3.8) is 0 Å². The topological polar surface area (TPSA) is 77.8 Å². The molecule has 0 bridgehead atoms. The molecular formula is C5H10O4S2. The lowest BCUT2D eigenvalue weighted by Crippen LogP contribution is -2.32. The summed E-state index contributed by atoms with van der Waals surface area (Å²) < 4.78 is -1.58. The summed E-state index contributed by atoms with van der Waals surface area (Å²) in [5, 5.41) is 25.6. The van der Waals surface area contributed by atoms with Crippen molar-refractivity contribution in [3.8, 4) is 0 Å². The van der Waals surface area contributed by atoms with E-state index in [0.29, 0.717) is 0 Å². The van der Waals surface area contributed by atoms with E-state index in [2.05, 4.69) is 25.3 Å². The average Bonchev–Trinajstić information content (AvgIpc) is 1.86. The number of hydrogen-bond acceptors (Lipinski definition) is 5. The van der Waals surface area contributed by atoms with Crippen LogP contribution in [0.2, 0.25) is 0 Å². The maximum Gasteiger partial charge on any atom is 0.329 e. The van der Waals surface area contributed by atoms with Crippen LogP contribution in [-0.4, -0.2) is 38.1 Å². The van der Waals surface area contributed by atoms with Gasteiger partial charge in [-0.2, -0.15) is 25.3 Å². The highest BCUT2D eigenvalue weighted by atomic mass is 32.2. The lowest BCUT2D eigenvalue weighted by molar-refractivity contribution is -0.138. The predicted octanol–water partition coefficient (Wildman–Crippen LogP) is -0.630. The predicted molar refractivity (Wildman–Crippen MR) is 46.0 cm³/mol. The summed E-state index contributed by atoms with van der Waals surface area (Å²) in [4.78, 5) is 10.3. The highest BCUT2D eigenvalue weighted by molar-refractivity contribution is 8.01. The molecule has 0 aromatic rings. The number of carboxylic acids is 1. The van der Waals surface area contributed by atoms with Gasteiger partial charge in [-0.1, -0.05) is 0 Å². The van der Waals surface area contributed by atoms with E-state index in [1.165, 1.54) is 0 Å². The Morgan fingerprint density at radius 2 is 2.00 bits per heavy atom. The van der Waals surface area contributed by atoms with Crippen molar-refractivity contribution in [2.24, 2.45) is 0 Å². The molecule has 0 heterocycles. The standard InChI is InChI=1S/C5H10O4S2/c6-2-3(7)1-5(10,11)4(8)9/h3,6-7,10-11H,1-2H2,(H,8,9). The van der Waals surface area contributed by atoms with E-state index >= 15 is 0 Å². The highest BCUT2D eigenvalue weighted by Gasteiger charge is 2.32. The highest BCUT2D eigenvalue weighted by Crippen LogP contribution is 2.25. The fourth-order valence-corrected chi connectivity index (χ4v) is 0.902. The number of hydrogen-bond donors (Lipinski definition) is 5. The summed E-state index contributed by atoms with van der Waals surface area (Å²) in [6, 6.07) is 0. The van der Waals surface area contributed by atoms with Crippen molar-refractivity contribution in [2.75, 3.05) is 6.61 Å². The van der Waals surface area contributed by atoms with Gasteiger partial charge in [0.1, 0.15) is 0 Å². The monoisotopic (exact) mass is 198 g/mol. The summed E-state index contributed by atoms with van der Waals surface area (Å²) in [6.07, 6.45) is -1.30. The van der Waals surface area contributed by atoms with Gasteiger partial charge >= 0.3 is 5.97 Å². The van der Waals surface area contributed by atoms with Crippen LogP contribution < -0.4 is 0 Å². The molecule has 3 N–H and O–H groups in total. The Hall–Kier alpha value is 0.0900. The second-order valence-corrected chi connectivity index (χ2v) is 4.04. The van der Waals surface area contributed by atoms with Crippen LogP contribution in [0.5, 0.6) is 0 Å². The summed E-state index contributed by atoms with van der Waals surface area (Å²) in [6.45, 7) is -0.490. The van der Waals surface area contributed by atoms with E-state index in [0.717, 1.165) is 0 Å². The molecule has 0 spiro atoms. The molecule has 0 aliphatic carbocycles. The van der Waals surface area contributed by atoms with Gasteiger partial charge in [0.15, 0.2) is 4.08 Å². The van der Waals surface area contributed by atoms with E-state index in [1.807, 2.05) is 0 Å². The molecule has 0 saturated carbocycles. The molecule has 0 rings (SSSR count). The van der Waals surface area contributed by atoms with Crippen molar-refractivity contribution >= 4 is 31.2 Å². The normalized spacial score (nSPS) is 14.5. The van der Waals surface area contributed by atoms with Crippen LogP contribution in [0.4, 0.5) is 0 Å². The van der Waals surface area contributed by atoms with Crippen LogP contribution in [-0.2, 0) is 4.79 Å². The fraction of sp³-hybridized carbons (Fsp3) is 0.800. The summed E-state index contributed by atoms with van der Waals surface area (Å²) in [7, 11) is 0. The average molecular weight is 198 g/mol. The van der Waals surface area contributed by atoms with E-state index in [-0.39, 0.29) is 6.42 Å². The molecule has 0 aromatic carbocycles. The minimum absolute atomic E-state index is 0.203. The quantitative estimate of drug-likeness (QED) is 0.308. The van der Waals surface area contributed by atoms with Crippen molar-refractivity contribution < 1.29 is 20.1 Å². The van der Waals surface area contributed by atoms with Gasteiger partial charge in [-0.15, -0.1) is 0 Å². The number of rotatable bonds is 4. The second kappa shape index (κ2) is 4.20. The molecule has 6 heteroatoms. The Kier molecular flexibility index (Phi) is 4.23. The first-order valence-corrected chi connectivity index (χ1v) is 3.76. The minimum Gasteiger partial charge on any atom is -0.480 e. The smallest absolute Gasteiger partial charge is 0.329 e. The Balaban J connectivity index is 4.01. The number of aliphatic hydroxyl groups excluding tert-OH is 2. The molecule has 0 saturated heterocycles. The van der Waals surface area contributed by atoms with Crippen LogP contribution in [0.25, 0.3) is 0 Å². The Morgan fingerprint density at radius 3 is 2.27 bits per heavy atom. The molecule has 1 unspecified atom stereocenters. The molecular weight excluding hydrogens is 188 g/mol. The number of thiol groups is 2. The summed E-state index contributed by atoms with van der Waals surface area (Å²) >= 11 is 7.34. The second-order valence-electron chi connectivity index (χ2n) is 2.16. The molecule has 1 atom stereocenters. The van der Waals surface area contributed by atoms with Gasteiger partial charge in [-0.3, -0.25) is 0 Å². The molecule has 0 aliphatic heterocycles.